The Morgan fingerprint density at radius 3 is 2.81 bits per heavy atom. The van der Waals surface area contributed by atoms with E-state index >= 15 is 0 Å². The first-order chi connectivity index (χ1) is 10.1. The van der Waals surface area contributed by atoms with Crippen LogP contribution in [0.25, 0.3) is 21.9 Å². The van der Waals surface area contributed by atoms with Crippen molar-refractivity contribution in [1.82, 2.24) is 19.8 Å². The number of hydrogen-bond donors (Lipinski definition) is 1. The Bertz CT molecular complexity index is 780. The molecule has 0 saturated heterocycles. The van der Waals surface area contributed by atoms with Crippen molar-refractivity contribution in [2.45, 2.75) is 20.4 Å². The largest absolute Gasteiger partial charge is 0.358 e. The Morgan fingerprint density at radius 1 is 1.33 bits per heavy atom. The molecule has 1 N–H and O–H groups in total. The molecule has 6 nitrogen and oxygen atoms in total. The maximum atomic E-state index is 9.33. The molecular weight excluding hydrogens is 268 g/mol. The highest BCUT2D eigenvalue weighted by Crippen LogP contribution is 2.30. The number of hydroxylamine groups is 2. The van der Waals surface area contributed by atoms with Gasteiger partial charge >= 0.3 is 0 Å². The molecule has 0 saturated carbocycles. The van der Waals surface area contributed by atoms with Crippen LogP contribution in [0.2, 0.25) is 0 Å². The normalized spacial score (nSPS) is 11.9. The van der Waals surface area contributed by atoms with Crippen LogP contribution in [-0.2, 0) is 6.54 Å². The van der Waals surface area contributed by atoms with Gasteiger partial charge in [-0.1, -0.05) is 32.0 Å². The van der Waals surface area contributed by atoms with Crippen LogP contribution in [0.15, 0.2) is 30.6 Å². The standard InChI is InChI=1S/C15H18N4O2/c1-10(2)8-19-9-16-13-14(19)11-6-4-5-7-12(11)17-15(13)21-18(3)20/h4-7,9-10,20H,8H2,1-3H3. The lowest BCUT2D eigenvalue weighted by Crippen LogP contribution is -2.18. The van der Waals surface area contributed by atoms with Crippen LogP contribution < -0.4 is 4.84 Å². The lowest BCUT2D eigenvalue weighted by molar-refractivity contribution is -0.263. The predicted molar refractivity (Wildman–Crippen MR) is 80.0 cm³/mol. The molecule has 1 aromatic carbocycles. The molecule has 0 aliphatic heterocycles. The molecule has 110 valence electrons. The summed E-state index contributed by atoms with van der Waals surface area (Å²) in [4.78, 5) is 14.1. The predicted octanol–water partition coefficient (Wildman–Crippen LogP) is 2.86. The second-order valence-electron chi connectivity index (χ2n) is 5.48. The smallest absolute Gasteiger partial charge is 0.269 e. The van der Waals surface area contributed by atoms with Gasteiger partial charge in [0.1, 0.15) is 0 Å². The van der Waals surface area contributed by atoms with Gasteiger partial charge in [0.2, 0.25) is 0 Å². The van der Waals surface area contributed by atoms with E-state index < -0.39 is 0 Å². The minimum absolute atomic E-state index is 0.302. The summed E-state index contributed by atoms with van der Waals surface area (Å²) in [7, 11) is 1.40. The summed E-state index contributed by atoms with van der Waals surface area (Å²) in [5.74, 6) is 0.801. The first kappa shape index (κ1) is 13.8. The number of rotatable bonds is 4. The number of nitrogens with zero attached hydrogens (tertiary/aromatic N) is 4. The monoisotopic (exact) mass is 286 g/mol. The number of benzene rings is 1. The summed E-state index contributed by atoms with van der Waals surface area (Å²) in [5.41, 5.74) is 2.44. The van der Waals surface area contributed by atoms with Crippen LogP contribution in [0, 0.1) is 5.92 Å². The summed E-state index contributed by atoms with van der Waals surface area (Å²) in [6.07, 6.45) is 1.79. The van der Waals surface area contributed by atoms with Gasteiger partial charge in [-0.3, -0.25) is 5.21 Å². The Morgan fingerprint density at radius 2 is 2.10 bits per heavy atom. The topological polar surface area (TPSA) is 63.4 Å². The Labute approximate surface area is 122 Å². The zero-order valence-electron chi connectivity index (χ0n) is 12.3. The molecule has 0 radical (unpaired) electrons. The fourth-order valence-electron chi connectivity index (χ4n) is 2.48. The number of imidazole rings is 1. The van der Waals surface area contributed by atoms with E-state index in [1.165, 1.54) is 7.05 Å². The summed E-state index contributed by atoms with van der Waals surface area (Å²) in [5, 5.41) is 11.0. The molecule has 0 aliphatic carbocycles. The van der Waals surface area contributed by atoms with Gasteiger partial charge in [0.15, 0.2) is 5.52 Å². The fraction of sp³-hybridized carbons (Fsp3) is 0.333. The van der Waals surface area contributed by atoms with Gasteiger partial charge < -0.3 is 9.40 Å². The molecule has 6 heteroatoms. The van der Waals surface area contributed by atoms with Gasteiger partial charge in [0.05, 0.1) is 24.4 Å². The highest BCUT2D eigenvalue weighted by Gasteiger charge is 2.16. The van der Waals surface area contributed by atoms with E-state index in [9.17, 15) is 5.21 Å². The third-order valence-corrected chi connectivity index (χ3v) is 3.20. The average molecular weight is 286 g/mol. The van der Waals surface area contributed by atoms with Crippen molar-refractivity contribution in [3.05, 3.63) is 30.6 Å². The summed E-state index contributed by atoms with van der Waals surface area (Å²) in [6.45, 7) is 5.18. The number of hydrogen-bond acceptors (Lipinski definition) is 5. The van der Waals surface area contributed by atoms with E-state index in [-0.39, 0.29) is 0 Å². The zero-order valence-corrected chi connectivity index (χ0v) is 12.3. The molecule has 2 aromatic heterocycles. The quantitative estimate of drug-likeness (QED) is 0.747. The molecule has 0 amide bonds. The molecule has 3 rings (SSSR count). The summed E-state index contributed by atoms with van der Waals surface area (Å²) in [6, 6.07) is 7.85. The van der Waals surface area contributed by atoms with Crippen LogP contribution in [-0.4, -0.2) is 32.0 Å². The van der Waals surface area contributed by atoms with Crippen LogP contribution in [0.1, 0.15) is 13.8 Å². The van der Waals surface area contributed by atoms with Crippen molar-refractivity contribution in [2.75, 3.05) is 7.05 Å². The molecule has 0 atom stereocenters. The summed E-state index contributed by atoms with van der Waals surface area (Å²) < 4.78 is 2.11. The van der Waals surface area contributed by atoms with Crippen molar-refractivity contribution in [2.24, 2.45) is 5.92 Å². The van der Waals surface area contributed by atoms with Crippen LogP contribution in [0.3, 0.4) is 0 Å². The van der Waals surface area contributed by atoms with Crippen molar-refractivity contribution in [3.8, 4) is 5.88 Å². The Kier molecular flexibility index (Phi) is 3.48. The zero-order chi connectivity index (χ0) is 15.0. The van der Waals surface area contributed by atoms with Gasteiger partial charge in [-0.15, -0.1) is 0 Å². The summed E-state index contributed by atoms with van der Waals surface area (Å²) >= 11 is 0. The maximum absolute atomic E-state index is 9.33. The number of fused-ring (bicyclic) bond motifs is 3. The SMILES string of the molecule is CC(C)Cn1cnc2c(ON(C)O)nc3ccccc3c21. The first-order valence-corrected chi connectivity index (χ1v) is 6.90. The lowest BCUT2D eigenvalue weighted by atomic mass is 10.1. The second kappa shape index (κ2) is 5.31. The molecule has 0 unspecified atom stereocenters. The van der Waals surface area contributed by atoms with Crippen molar-refractivity contribution >= 4 is 21.9 Å². The first-order valence-electron chi connectivity index (χ1n) is 6.90. The molecular formula is C15H18N4O2. The molecule has 0 spiro atoms. The van der Waals surface area contributed by atoms with E-state index in [0.717, 1.165) is 23.0 Å². The number of pyridine rings is 1. The van der Waals surface area contributed by atoms with Crippen molar-refractivity contribution in [3.63, 3.8) is 0 Å². The Hall–Kier alpha value is -2.18. The van der Waals surface area contributed by atoms with Crippen LogP contribution in [0.4, 0.5) is 0 Å². The van der Waals surface area contributed by atoms with E-state index in [2.05, 4.69) is 28.4 Å². The number of para-hydroxylation sites is 1. The minimum atomic E-state index is 0.302. The molecule has 3 aromatic rings. The van der Waals surface area contributed by atoms with Crippen LogP contribution in [0.5, 0.6) is 5.88 Å². The highest BCUT2D eigenvalue weighted by molar-refractivity contribution is 6.04. The van der Waals surface area contributed by atoms with E-state index in [1.54, 1.807) is 6.33 Å². The van der Waals surface area contributed by atoms with E-state index in [4.69, 9.17) is 4.84 Å². The molecule has 21 heavy (non-hydrogen) atoms. The maximum Gasteiger partial charge on any atom is 0.269 e. The molecule has 0 bridgehead atoms. The van der Waals surface area contributed by atoms with Crippen molar-refractivity contribution in [1.29, 1.82) is 0 Å². The number of aromatic nitrogens is 3. The highest BCUT2D eigenvalue weighted by atomic mass is 16.9. The van der Waals surface area contributed by atoms with E-state index in [0.29, 0.717) is 22.5 Å². The van der Waals surface area contributed by atoms with Crippen LogP contribution >= 0.6 is 0 Å². The average Bonchev–Trinajstić information content (AvgIpc) is 2.82. The van der Waals surface area contributed by atoms with E-state index in [1.807, 2.05) is 24.3 Å². The fourth-order valence-corrected chi connectivity index (χ4v) is 2.48. The van der Waals surface area contributed by atoms with Crippen molar-refractivity contribution < 1.29 is 10.0 Å². The Balaban J connectivity index is 2.30. The van der Waals surface area contributed by atoms with Gasteiger partial charge in [-0.05, 0) is 17.2 Å². The third kappa shape index (κ3) is 2.55. The van der Waals surface area contributed by atoms with Gasteiger partial charge in [-0.2, -0.15) is 0 Å². The lowest BCUT2D eigenvalue weighted by Gasteiger charge is -2.12. The van der Waals surface area contributed by atoms with Gasteiger partial charge in [-0.25, -0.2) is 9.97 Å². The molecule has 0 aliphatic rings. The second-order valence-corrected chi connectivity index (χ2v) is 5.48. The van der Waals surface area contributed by atoms with Gasteiger partial charge in [0.25, 0.3) is 5.88 Å². The minimum Gasteiger partial charge on any atom is -0.358 e. The van der Waals surface area contributed by atoms with Gasteiger partial charge in [0, 0.05) is 11.9 Å². The molecule has 2 heterocycles. The molecule has 0 fully saturated rings. The third-order valence-electron chi connectivity index (χ3n) is 3.20.